The van der Waals surface area contributed by atoms with Crippen molar-refractivity contribution in [2.45, 2.75) is 63.5 Å². The first-order chi connectivity index (χ1) is 21.3. The molecule has 4 aromatic rings. The summed E-state index contributed by atoms with van der Waals surface area (Å²) in [7, 11) is 4.25. The average molecular weight is 593 g/mol. The Balaban J connectivity index is 1.32. The van der Waals surface area contributed by atoms with Gasteiger partial charge in [-0.25, -0.2) is 4.39 Å². The molecule has 2 saturated heterocycles. The lowest BCUT2D eigenvalue weighted by molar-refractivity contribution is 0.0738. The van der Waals surface area contributed by atoms with Crippen molar-refractivity contribution in [3.63, 3.8) is 0 Å². The fraction of sp³-hybridized carbons (Fsp3) is 0.472. The molecule has 4 heterocycles. The summed E-state index contributed by atoms with van der Waals surface area (Å²) in [5.41, 5.74) is 2.06. The number of aromatic nitrogens is 3. The number of ether oxygens (including phenoxy) is 1. The third-order valence-corrected chi connectivity index (χ3v) is 10.4. The van der Waals surface area contributed by atoms with Gasteiger partial charge in [0.25, 0.3) is 0 Å². The molecule has 228 valence electrons. The molecule has 1 saturated carbocycles. The summed E-state index contributed by atoms with van der Waals surface area (Å²) in [5.74, 6) is 6.90. The maximum absolute atomic E-state index is 16.8. The zero-order chi connectivity index (χ0) is 30.5. The van der Waals surface area contributed by atoms with Crippen LogP contribution in [0.1, 0.15) is 57.9 Å². The van der Waals surface area contributed by atoms with E-state index in [9.17, 15) is 0 Å². The smallest absolute Gasteiger partial charge is 0.319 e. The van der Waals surface area contributed by atoms with E-state index in [-0.39, 0.29) is 28.3 Å². The second-order valence-electron chi connectivity index (χ2n) is 13.3. The highest BCUT2D eigenvalue weighted by Gasteiger charge is 2.48. The first-order valence-electron chi connectivity index (χ1n) is 15.9. The van der Waals surface area contributed by atoms with E-state index in [0.29, 0.717) is 35.8 Å². The van der Waals surface area contributed by atoms with Crippen LogP contribution < -0.4 is 10.1 Å². The molecule has 7 rings (SSSR count). The van der Waals surface area contributed by atoms with E-state index in [0.717, 1.165) is 55.1 Å². The van der Waals surface area contributed by atoms with Crippen molar-refractivity contribution >= 4 is 27.5 Å². The molecule has 8 heteroatoms. The van der Waals surface area contributed by atoms with E-state index in [1.54, 1.807) is 6.20 Å². The molecule has 0 spiro atoms. The minimum absolute atomic E-state index is 0.00779. The predicted molar refractivity (Wildman–Crippen MR) is 174 cm³/mol. The lowest BCUT2D eigenvalue weighted by atomic mass is 9.75. The van der Waals surface area contributed by atoms with Gasteiger partial charge >= 0.3 is 6.01 Å². The number of anilines is 1. The first-order valence-corrected chi connectivity index (χ1v) is 15.9. The van der Waals surface area contributed by atoms with E-state index in [1.807, 2.05) is 43.3 Å². The fourth-order valence-electron chi connectivity index (χ4n) is 7.84. The first kappa shape index (κ1) is 28.9. The number of pyridine rings is 1. The van der Waals surface area contributed by atoms with E-state index < -0.39 is 5.82 Å². The van der Waals surface area contributed by atoms with Crippen LogP contribution in [0, 0.1) is 23.6 Å². The highest BCUT2D eigenvalue weighted by atomic mass is 19.1. The summed E-state index contributed by atoms with van der Waals surface area (Å²) < 4.78 is 23.2. The van der Waals surface area contributed by atoms with Crippen LogP contribution >= 0.6 is 0 Å². The van der Waals surface area contributed by atoms with Crippen molar-refractivity contribution in [3.8, 4) is 29.1 Å². The third kappa shape index (κ3) is 4.87. The van der Waals surface area contributed by atoms with Crippen LogP contribution in [-0.4, -0.2) is 76.2 Å². The van der Waals surface area contributed by atoms with Gasteiger partial charge in [-0.3, -0.25) is 9.88 Å². The summed E-state index contributed by atoms with van der Waals surface area (Å²) >= 11 is 0. The number of rotatable bonds is 8. The fourth-order valence-corrected chi connectivity index (χ4v) is 7.84. The van der Waals surface area contributed by atoms with E-state index in [1.165, 1.54) is 12.8 Å². The molecule has 7 nitrogen and oxygen atoms in total. The summed E-state index contributed by atoms with van der Waals surface area (Å²) in [6.07, 6.45) is 8.49. The SMILES string of the molecule is CC#Cc1cccc2cccc(-c3ncc4c(NCC5(N(C)C)CCC5)nc(OC[C@@]56CCCN5C[C@H](C)C6)nc4c3F)c12. The summed E-state index contributed by atoms with van der Waals surface area (Å²) in [5, 5.41) is 5.98. The Morgan fingerprint density at radius 1 is 1.11 bits per heavy atom. The van der Waals surface area contributed by atoms with Crippen LogP contribution in [-0.2, 0) is 0 Å². The van der Waals surface area contributed by atoms with Crippen molar-refractivity contribution in [1.29, 1.82) is 0 Å². The Hall–Kier alpha value is -3.80. The summed E-state index contributed by atoms with van der Waals surface area (Å²) in [6, 6.07) is 12.0. The molecule has 0 bridgehead atoms. The Kier molecular flexibility index (Phi) is 7.42. The lowest BCUT2D eigenvalue weighted by Gasteiger charge is -2.47. The van der Waals surface area contributed by atoms with Gasteiger partial charge in [0.15, 0.2) is 5.82 Å². The second-order valence-corrected chi connectivity index (χ2v) is 13.3. The molecule has 2 aromatic carbocycles. The molecule has 0 amide bonds. The van der Waals surface area contributed by atoms with E-state index in [4.69, 9.17) is 19.7 Å². The number of hydrogen-bond acceptors (Lipinski definition) is 7. The normalized spacial score (nSPS) is 22.5. The van der Waals surface area contributed by atoms with Gasteiger partial charge in [0, 0.05) is 41.3 Å². The Labute approximate surface area is 259 Å². The molecule has 44 heavy (non-hydrogen) atoms. The largest absolute Gasteiger partial charge is 0.461 e. The van der Waals surface area contributed by atoms with Gasteiger partial charge in [-0.2, -0.15) is 9.97 Å². The Morgan fingerprint density at radius 2 is 1.93 bits per heavy atom. The summed E-state index contributed by atoms with van der Waals surface area (Å²) in [6.45, 7) is 7.53. The van der Waals surface area contributed by atoms with Crippen molar-refractivity contribution in [2.75, 3.05) is 45.7 Å². The van der Waals surface area contributed by atoms with Crippen LogP contribution in [0.15, 0.2) is 42.6 Å². The highest BCUT2D eigenvalue weighted by molar-refractivity contribution is 6.01. The van der Waals surface area contributed by atoms with Gasteiger partial charge in [0.05, 0.1) is 10.9 Å². The lowest BCUT2D eigenvalue weighted by Crippen LogP contribution is -2.54. The topological polar surface area (TPSA) is 66.4 Å². The van der Waals surface area contributed by atoms with Crippen molar-refractivity contribution in [2.24, 2.45) is 5.92 Å². The number of nitrogens with zero attached hydrogens (tertiary/aromatic N) is 5. The molecule has 3 aliphatic rings. The van der Waals surface area contributed by atoms with E-state index >= 15 is 4.39 Å². The van der Waals surface area contributed by atoms with Crippen LogP contribution in [0.2, 0.25) is 0 Å². The number of likely N-dealkylation sites (N-methyl/N-ethyl adjacent to an activating group) is 1. The third-order valence-electron chi connectivity index (χ3n) is 10.4. The predicted octanol–water partition coefficient (Wildman–Crippen LogP) is 6.50. The molecule has 0 unspecified atom stereocenters. The molecule has 2 aromatic heterocycles. The van der Waals surface area contributed by atoms with Crippen LogP contribution in [0.3, 0.4) is 0 Å². The summed E-state index contributed by atoms with van der Waals surface area (Å²) in [4.78, 5) is 19.1. The standard InChI is InChI=1S/C36H41FN6O/c1-5-10-25-11-6-12-26-13-7-14-27(29(25)26)31-30(37)32-28(20-38-31)33(39-22-35(42(3)4)15-8-16-35)41-34(40-32)44-23-36-17-9-18-43(36)21-24(2)19-36/h6-7,11-14,20,24H,8-9,15-19,21-23H2,1-4H3,(H,39,40,41)/t24-,36+/m1/s1. The monoisotopic (exact) mass is 592 g/mol. The Morgan fingerprint density at radius 3 is 2.68 bits per heavy atom. The minimum atomic E-state index is -0.481. The number of benzene rings is 2. The highest BCUT2D eigenvalue weighted by Crippen LogP contribution is 2.42. The van der Waals surface area contributed by atoms with Gasteiger partial charge in [-0.15, -0.1) is 5.92 Å². The van der Waals surface area contributed by atoms with E-state index in [2.05, 4.69) is 48.0 Å². The van der Waals surface area contributed by atoms with Crippen molar-refractivity contribution in [1.82, 2.24) is 24.8 Å². The van der Waals surface area contributed by atoms with Gasteiger partial charge < -0.3 is 15.0 Å². The molecular formula is C36H41FN6O. The van der Waals surface area contributed by atoms with Crippen LogP contribution in [0.4, 0.5) is 10.2 Å². The number of nitrogens with one attached hydrogen (secondary N) is 1. The molecule has 2 atom stereocenters. The van der Waals surface area contributed by atoms with Gasteiger partial charge in [0.2, 0.25) is 0 Å². The minimum Gasteiger partial charge on any atom is -0.461 e. The zero-order valence-electron chi connectivity index (χ0n) is 26.2. The number of halogens is 1. The van der Waals surface area contributed by atoms with Crippen molar-refractivity contribution < 1.29 is 9.13 Å². The molecular weight excluding hydrogens is 551 g/mol. The molecule has 1 N–H and O–H groups in total. The quantitative estimate of drug-likeness (QED) is 0.234. The maximum atomic E-state index is 16.8. The molecule has 3 fully saturated rings. The Bertz CT molecular complexity index is 1790. The number of hydrogen-bond donors (Lipinski definition) is 1. The molecule has 2 aliphatic heterocycles. The van der Waals surface area contributed by atoms with Gasteiger partial charge in [-0.1, -0.05) is 43.2 Å². The zero-order valence-corrected chi connectivity index (χ0v) is 26.2. The molecule has 0 radical (unpaired) electrons. The van der Waals surface area contributed by atoms with Crippen LogP contribution in [0.25, 0.3) is 32.9 Å². The van der Waals surface area contributed by atoms with Crippen molar-refractivity contribution in [3.05, 3.63) is 54.0 Å². The van der Waals surface area contributed by atoms with Gasteiger partial charge in [0.1, 0.15) is 23.6 Å². The maximum Gasteiger partial charge on any atom is 0.319 e. The molecule has 1 aliphatic carbocycles. The second kappa shape index (κ2) is 11.3. The van der Waals surface area contributed by atoms with Gasteiger partial charge in [-0.05, 0) is 83.5 Å². The average Bonchev–Trinajstić information content (AvgIpc) is 3.51. The van der Waals surface area contributed by atoms with Crippen LogP contribution in [0.5, 0.6) is 6.01 Å². The number of fused-ring (bicyclic) bond motifs is 3.